The van der Waals surface area contributed by atoms with Crippen molar-refractivity contribution in [2.45, 2.75) is 32.5 Å². The zero-order valence-electron chi connectivity index (χ0n) is 19.0. The van der Waals surface area contributed by atoms with Gasteiger partial charge in [-0.15, -0.1) is 0 Å². The van der Waals surface area contributed by atoms with Gasteiger partial charge in [-0.3, -0.25) is 4.79 Å². The molecule has 170 valence electrons. The summed E-state index contributed by atoms with van der Waals surface area (Å²) in [5.41, 5.74) is 2.74. The number of fused-ring (bicyclic) bond motifs is 4. The first-order chi connectivity index (χ1) is 15.3. The van der Waals surface area contributed by atoms with Crippen LogP contribution in [0.15, 0.2) is 36.4 Å². The molecule has 2 aliphatic rings. The maximum atomic E-state index is 13.8. The minimum Gasteiger partial charge on any atom is -0.493 e. The summed E-state index contributed by atoms with van der Waals surface area (Å²) in [5.74, 6) is 0.519. The highest BCUT2D eigenvalue weighted by Gasteiger charge is 2.59. The highest BCUT2D eigenvalue weighted by atomic mass is 32.1. The lowest BCUT2D eigenvalue weighted by atomic mass is 9.78. The van der Waals surface area contributed by atoms with Crippen molar-refractivity contribution in [1.29, 1.82) is 0 Å². The maximum Gasteiger partial charge on any atom is 0.236 e. The Morgan fingerprint density at radius 2 is 2.06 bits per heavy atom. The second-order valence-corrected chi connectivity index (χ2v) is 8.78. The Balaban J connectivity index is 1.78. The Bertz CT molecular complexity index is 1060. The van der Waals surface area contributed by atoms with Crippen molar-refractivity contribution in [3.63, 3.8) is 0 Å². The topological polar surface area (TPSA) is 72.1 Å². The molecule has 0 unspecified atom stereocenters. The van der Waals surface area contributed by atoms with Gasteiger partial charge in [0.2, 0.25) is 5.91 Å². The summed E-state index contributed by atoms with van der Waals surface area (Å²) in [6, 6.07) is 11.3. The lowest BCUT2D eigenvalue weighted by Crippen LogP contribution is -2.72. The average molecular weight is 456 g/mol. The first-order valence-electron chi connectivity index (χ1n) is 10.6. The molecule has 0 spiro atoms. The van der Waals surface area contributed by atoms with Gasteiger partial charge in [-0.25, -0.2) is 0 Å². The van der Waals surface area contributed by atoms with Crippen LogP contribution in [0.1, 0.15) is 29.7 Å². The molecule has 4 rings (SSSR count). The van der Waals surface area contributed by atoms with Gasteiger partial charge in [0.15, 0.2) is 22.3 Å². The zero-order chi connectivity index (χ0) is 23.0. The van der Waals surface area contributed by atoms with Crippen LogP contribution < -0.4 is 20.1 Å². The number of hydrogen-bond acceptors (Lipinski definition) is 5. The fraction of sp³-hybridized carbons (Fsp3) is 0.417. The van der Waals surface area contributed by atoms with Crippen molar-refractivity contribution < 1.29 is 19.0 Å². The van der Waals surface area contributed by atoms with Crippen LogP contribution in [0, 0.1) is 19.8 Å². The number of anilines is 1. The summed E-state index contributed by atoms with van der Waals surface area (Å²) in [6.07, 6.45) is 0. The van der Waals surface area contributed by atoms with Crippen LogP contribution in [0.2, 0.25) is 0 Å². The van der Waals surface area contributed by atoms with Crippen molar-refractivity contribution in [3.05, 3.63) is 53.1 Å². The highest BCUT2D eigenvalue weighted by Crippen LogP contribution is 2.51. The number of aryl methyl sites for hydroxylation is 2. The van der Waals surface area contributed by atoms with Crippen molar-refractivity contribution >= 4 is 28.9 Å². The Morgan fingerprint density at radius 3 is 2.75 bits per heavy atom. The normalized spacial score (nSPS) is 23.7. The molecule has 2 bridgehead atoms. The fourth-order valence-corrected chi connectivity index (χ4v) is 5.07. The van der Waals surface area contributed by atoms with Crippen LogP contribution in [0.25, 0.3) is 0 Å². The molecular weight excluding hydrogens is 426 g/mol. The number of amides is 1. The first-order valence-corrected chi connectivity index (χ1v) is 11.0. The van der Waals surface area contributed by atoms with Crippen molar-refractivity contribution in [3.8, 4) is 11.5 Å². The number of ether oxygens (including phenoxy) is 3. The Kier molecular flexibility index (Phi) is 6.01. The van der Waals surface area contributed by atoms with Crippen LogP contribution in [-0.2, 0) is 9.53 Å². The largest absolute Gasteiger partial charge is 0.493 e. The Morgan fingerprint density at radius 1 is 1.28 bits per heavy atom. The number of thiocarbonyl (C=S) groups is 1. The van der Waals surface area contributed by atoms with Crippen LogP contribution in [0.4, 0.5) is 5.69 Å². The minimum atomic E-state index is -1.03. The molecule has 1 fully saturated rings. The first kappa shape index (κ1) is 22.4. The van der Waals surface area contributed by atoms with Gasteiger partial charge in [0.25, 0.3) is 0 Å². The lowest BCUT2D eigenvalue weighted by Gasteiger charge is -2.56. The van der Waals surface area contributed by atoms with Crippen molar-refractivity contribution in [1.82, 2.24) is 10.2 Å². The van der Waals surface area contributed by atoms with E-state index in [-0.39, 0.29) is 11.9 Å². The SMILES string of the molecule is COCCN1C(=S)N[C@H]2c3cccc(OC)c3O[C@@]1(C)[C@H]2C(=O)Nc1ccc(C)cc1C. The molecule has 7 nitrogen and oxygen atoms in total. The van der Waals surface area contributed by atoms with Gasteiger partial charge in [-0.05, 0) is 50.7 Å². The Hall–Kier alpha value is -2.84. The highest BCUT2D eigenvalue weighted by molar-refractivity contribution is 7.80. The number of benzene rings is 2. The van der Waals surface area contributed by atoms with Crippen LogP contribution in [0.3, 0.4) is 0 Å². The van der Waals surface area contributed by atoms with Crippen molar-refractivity contribution in [2.75, 3.05) is 32.7 Å². The molecule has 8 heteroatoms. The van der Waals surface area contributed by atoms with Gasteiger partial charge >= 0.3 is 0 Å². The minimum absolute atomic E-state index is 0.143. The zero-order valence-corrected chi connectivity index (χ0v) is 19.8. The molecule has 1 saturated heterocycles. The molecule has 2 aromatic carbocycles. The average Bonchev–Trinajstić information content (AvgIpc) is 2.74. The number of carbonyl (C=O) groups is 1. The lowest BCUT2D eigenvalue weighted by molar-refractivity contribution is -0.150. The van der Waals surface area contributed by atoms with E-state index in [4.69, 9.17) is 26.4 Å². The van der Waals surface area contributed by atoms with E-state index >= 15 is 0 Å². The summed E-state index contributed by atoms with van der Waals surface area (Å²) in [6.45, 7) is 6.84. The number of methoxy groups -OCH3 is 2. The number of para-hydroxylation sites is 1. The van der Waals surface area contributed by atoms with Gasteiger partial charge in [-0.1, -0.05) is 29.8 Å². The standard InChI is InChI=1S/C24H29N3O4S/c1-14-9-10-17(15(2)13-14)25-22(28)19-20-16-7-6-8-18(30-5)21(16)31-24(19,3)27(11-12-29-4)23(32)26-20/h6-10,13,19-20H,11-12H2,1-5H3,(H,25,28)(H,26,32)/t19-,20+,24+/m1/s1. The quantitative estimate of drug-likeness (QED) is 0.646. The molecule has 0 saturated carbocycles. The van der Waals surface area contributed by atoms with Gasteiger partial charge in [0.1, 0.15) is 5.92 Å². The number of hydrogen-bond donors (Lipinski definition) is 2. The summed E-state index contributed by atoms with van der Waals surface area (Å²) in [5, 5.41) is 7.03. The van der Waals surface area contributed by atoms with E-state index in [1.807, 2.05) is 62.1 Å². The van der Waals surface area contributed by atoms with E-state index in [1.165, 1.54) is 0 Å². The molecule has 0 aromatic heterocycles. The van der Waals surface area contributed by atoms with E-state index < -0.39 is 11.6 Å². The summed E-state index contributed by atoms with van der Waals surface area (Å²) in [7, 11) is 3.24. The fourth-order valence-electron chi connectivity index (χ4n) is 4.67. The number of rotatable bonds is 6. The number of carbonyl (C=O) groups excluding carboxylic acids is 1. The van der Waals surface area contributed by atoms with E-state index in [2.05, 4.69) is 10.6 Å². The van der Waals surface area contributed by atoms with E-state index in [0.29, 0.717) is 29.8 Å². The van der Waals surface area contributed by atoms with Crippen molar-refractivity contribution in [2.24, 2.45) is 5.92 Å². The third-order valence-electron chi connectivity index (χ3n) is 6.28. The summed E-state index contributed by atoms with van der Waals surface area (Å²) in [4.78, 5) is 15.6. The molecule has 2 aromatic rings. The molecule has 3 atom stereocenters. The number of nitrogens with zero attached hydrogens (tertiary/aromatic N) is 1. The molecule has 0 aliphatic carbocycles. The summed E-state index contributed by atoms with van der Waals surface area (Å²) >= 11 is 5.68. The second kappa shape index (κ2) is 8.60. The predicted molar refractivity (Wildman–Crippen MR) is 127 cm³/mol. The van der Waals surface area contributed by atoms with E-state index in [0.717, 1.165) is 22.4 Å². The molecule has 2 heterocycles. The van der Waals surface area contributed by atoms with Gasteiger partial charge in [0.05, 0.1) is 19.8 Å². The Labute approximate surface area is 194 Å². The van der Waals surface area contributed by atoms with Gasteiger partial charge < -0.3 is 29.7 Å². The second-order valence-electron chi connectivity index (χ2n) is 8.39. The molecule has 2 aliphatic heterocycles. The van der Waals surface area contributed by atoms with Crippen LogP contribution in [0.5, 0.6) is 11.5 Å². The van der Waals surface area contributed by atoms with Crippen LogP contribution in [-0.4, -0.2) is 49.0 Å². The van der Waals surface area contributed by atoms with Gasteiger partial charge in [0, 0.05) is 24.9 Å². The van der Waals surface area contributed by atoms with E-state index in [9.17, 15) is 4.79 Å². The molecule has 0 radical (unpaired) electrons. The third-order valence-corrected chi connectivity index (χ3v) is 6.62. The third kappa shape index (κ3) is 3.67. The predicted octanol–water partition coefficient (Wildman–Crippen LogP) is 3.55. The maximum absolute atomic E-state index is 13.8. The smallest absolute Gasteiger partial charge is 0.236 e. The monoisotopic (exact) mass is 455 g/mol. The molecule has 1 amide bonds. The number of nitrogens with one attached hydrogen (secondary N) is 2. The summed E-state index contributed by atoms with van der Waals surface area (Å²) < 4.78 is 17.4. The molecule has 2 N–H and O–H groups in total. The molecular formula is C24H29N3O4S. The van der Waals surface area contributed by atoms with E-state index in [1.54, 1.807) is 14.2 Å². The van der Waals surface area contributed by atoms with Crippen LogP contribution >= 0.6 is 12.2 Å². The van der Waals surface area contributed by atoms with Gasteiger partial charge in [-0.2, -0.15) is 0 Å². The molecule has 32 heavy (non-hydrogen) atoms.